The summed E-state index contributed by atoms with van der Waals surface area (Å²) in [6.45, 7) is 1.84. The molecule has 1 aliphatic carbocycles. The Labute approximate surface area is 163 Å². The Balaban J connectivity index is 1.30. The summed E-state index contributed by atoms with van der Waals surface area (Å²) in [6.07, 6.45) is 9.30. The molecule has 3 heterocycles. The van der Waals surface area contributed by atoms with Crippen molar-refractivity contribution in [2.24, 2.45) is 0 Å². The lowest BCUT2D eigenvalue weighted by Gasteiger charge is -2.30. The summed E-state index contributed by atoms with van der Waals surface area (Å²) >= 11 is 0. The lowest BCUT2D eigenvalue weighted by Crippen LogP contribution is -2.33. The zero-order valence-corrected chi connectivity index (χ0v) is 15.9. The van der Waals surface area contributed by atoms with Crippen molar-refractivity contribution < 1.29 is 9.26 Å². The van der Waals surface area contributed by atoms with Crippen LogP contribution in [-0.2, 0) is 5.41 Å². The molecule has 0 atom stereocenters. The number of anilines is 1. The Morgan fingerprint density at radius 2 is 2.04 bits per heavy atom. The van der Waals surface area contributed by atoms with Crippen molar-refractivity contribution in [1.29, 1.82) is 0 Å². The molecule has 3 aromatic rings. The topological polar surface area (TPSA) is 77.2 Å². The van der Waals surface area contributed by atoms with Crippen LogP contribution in [0.3, 0.4) is 0 Å². The largest absolute Gasteiger partial charge is 0.497 e. The van der Waals surface area contributed by atoms with Gasteiger partial charge < -0.3 is 14.2 Å². The van der Waals surface area contributed by atoms with Crippen molar-refractivity contribution in [3.63, 3.8) is 0 Å². The smallest absolute Gasteiger partial charge is 0.229 e. The molecule has 7 heteroatoms. The normalized spacial score (nSPS) is 18.8. The van der Waals surface area contributed by atoms with E-state index in [0.717, 1.165) is 62.1 Å². The zero-order valence-electron chi connectivity index (χ0n) is 15.9. The van der Waals surface area contributed by atoms with Gasteiger partial charge in [-0.15, -0.1) is 0 Å². The number of hydrogen-bond acceptors (Lipinski definition) is 7. The Morgan fingerprint density at radius 3 is 2.75 bits per heavy atom. The molecule has 1 aromatic carbocycles. The minimum atomic E-state index is -0.114. The summed E-state index contributed by atoms with van der Waals surface area (Å²) in [5, 5.41) is 4.37. The highest BCUT2D eigenvalue weighted by molar-refractivity contribution is 5.43. The summed E-state index contributed by atoms with van der Waals surface area (Å²) in [6, 6.07) is 8.21. The van der Waals surface area contributed by atoms with Crippen molar-refractivity contribution in [3.05, 3.63) is 60.1 Å². The maximum atomic E-state index is 5.71. The van der Waals surface area contributed by atoms with E-state index in [1.54, 1.807) is 19.5 Å². The molecule has 2 aromatic heterocycles. The van der Waals surface area contributed by atoms with E-state index in [1.807, 2.05) is 18.3 Å². The van der Waals surface area contributed by atoms with Gasteiger partial charge in [-0.1, -0.05) is 17.3 Å². The number of hydrogen-bond donors (Lipinski definition) is 0. The molecule has 0 unspecified atom stereocenters. The van der Waals surface area contributed by atoms with Crippen LogP contribution in [-0.4, -0.2) is 40.3 Å². The van der Waals surface area contributed by atoms with E-state index in [4.69, 9.17) is 14.2 Å². The number of nitrogens with zero attached hydrogens (tertiary/aromatic N) is 5. The average molecular weight is 377 g/mol. The molecular weight excluding hydrogens is 354 g/mol. The van der Waals surface area contributed by atoms with E-state index < -0.39 is 0 Å². The number of rotatable bonds is 5. The first kappa shape index (κ1) is 17.2. The Morgan fingerprint density at radius 1 is 1.18 bits per heavy atom. The molecule has 5 rings (SSSR count). The fourth-order valence-corrected chi connectivity index (χ4v) is 4.09. The van der Waals surface area contributed by atoms with Crippen LogP contribution in [0.5, 0.6) is 5.75 Å². The number of ether oxygens (including phenoxy) is 1. The third-order valence-corrected chi connectivity index (χ3v) is 5.96. The van der Waals surface area contributed by atoms with Gasteiger partial charge in [0.1, 0.15) is 11.6 Å². The first-order valence-corrected chi connectivity index (χ1v) is 9.78. The van der Waals surface area contributed by atoms with Crippen LogP contribution in [0.25, 0.3) is 0 Å². The third kappa shape index (κ3) is 3.00. The zero-order chi connectivity index (χ0) is 19.0. The van der Waals surface area contributed by atoms with Gasteiger partial charge in [-0.2, -0.15) is 4.98 Å². The van der Waals surface area contributed by atoms with Crippen molar-refractivity contribution in [1.82, 2.24) is 20.1 Å². The molecule has 0 bridgehead atoms. The van der Waals surface area contributed by atoms with Gasteiger partial charge in [0.2, 0.25) is 5.89 Å². The maximum absolute atomic E-state index is 5.71. The summed E-state index contributed by atoms with van der Waals surface area (Å²) in [5.41, 5.74) is 1.09. The van der Waals surface area contributed by atoms with Crippen molar-refractivity contribution in [2.45, 2.75) is 37.0 Å². The molecule has 1 saturated carbocycles. The van der Waals surface area contributed by atoms with Gasteiger partial charge in [-0.25, -0.2) is 4.98 Å². The molecule has 1 aliphatic heterocycles. The molecule has 28 heavy (non-hydrogen) atoms. The summed E-state index contributed by atoms with van der Waals surface area (Å²) in [4.78, 5) is 15.7. The lowest BCUT2D eigenvalue weighted by atomic mass is 9.94. The van der Waals surface area contributed by atoms with Gasteiger partial charge in [-0.05, 0) is 43.4 Å². The van der Waals surface area contributed by atoms with E-state index in [1.165, 1.54) is 5.56 Å². The first-order valence-electron chi connectivity index (χ1n) is 9.78. The molecule has 0 radical (unpaired) electrons. The molecule has 0 N–H and O–H groups in total. The first-order chi connectivity index (χ1) is 13.8. The van der Waals surface area contributed by atoms with Crippen LogP contribution in [0.1, 0.15) is 48.9 Å². The minimum Gasteiger partial charge on any atom is -0.497 e. The predicted octanol–water partition coefficient (Wildman–Crippen LogP) is 3.33. The molecular formula is C21H23N5O2. The second-order valence-corrected chi connectivity index (χ2v) is 7.60. The van der Waals surface area contributed by atoms with Gasteiger partial charge in [0.05, 0.1) is 18.7 Å². The van der Waals surface area contributed by atoms with Gasteiger partial charge in [0, 0.05) is 31.4 Å². The van der Waals surface area contributed by atoms with Crippen LogP contribution in [0.2, 0.25) is 0 Å². The van der Waals surface area contributed by atoms with E-state index >= 15 is 0 Å². The quantitative estimate of drug-likeness (QED) is 0.675. The Hall–Kier alpha value is -2.96. The SMILES string of the molecule is COc1cccc(C2(c3noc(C4CCN(c5cnccn5)CC4)n3)CC2)c1. The molecule has 144 valence electrons. The summed E-state index contributed by atoms with van der Waals surface area (Å²) < 4.78 is 11.1. The Kier molecular flexibility index (Phi) is 4.22. The number of aromatic nitrogens is 4. The van der Waals surface area contributed by atoms with E-state index in [2.05, 4.69) is 32.2 Å². The molecule has 2 fully saturated rings. The second-order valence-electron chi connectivity index (χ2n) is 7.60. The third-order valence-electron chi connectivity index (χ3n) is 5.96. The van der Waals surface area contributed by atoms with Crippen LogP contribution in [0, 0.1) is 0 Å². The minimum absolute atomic E-state index is 0.114. The number of methoxy groups -OCH3 is 1. The molecule has 0 spiro atoms. The van der Waals surface area contributed by atoms with Crippen molar-refractivity contribution >= 4 is 5.82 Å². The Bertz CT molecular complexity index is 946. The van der Waals surface area contributed by atoms with Gasteiger partial charge >= 0.3 is 0 Å². The number of benzene rings is 1. The lowest BCUT2D eigenvalue weighted by molar-refractivity contribution is 0.325. The van der Waals surface area contributed by atoms with Crippen LogP contribution >= 0.6 is 0 Å². The average Bonchev–Trinajstić information content (AvgIpc) is 3.44. The van der Waals surface area contributed by atoms with Gasteiger partial charge in [-0.3, -0.25) is 4.98 Å². The fraction of sp³-hybridized carbons (Fsp3) is 0.429. The van der Waals surface area contributed by atoms with Gasteiger partial charge in [0.15, 0.2) is 5.82 Å². The predicted molar refractivity (Wildman–Crippen MR) is 104 cm³/mol. The molecule has 2 aliphatic rings. The van der Waals surface area contributed by atoms with E-state index in [-0.39, 0.29) is 5.41 Å². The van der Waals surface area contributed by atoms with E-state index in [0.29, 0.717) is 5.92 Å². The number of piperidine rings is 1. The fourth-order valence-electron chi connectivity index (χ4n) is 4.09. The van der Waals surface area contributed by atoms with Crippen molar-refractivity contribution in [3.8, 4) is 5.75 Å². The standard InChI is InChI=1S/C21H23N5O2/c1-27-17-4-2-3-16(13-17)21(7-8-21)20-24-19(28-25-20)15-5-11-26(12-6-15)18-14-22-9-10-23-18/h2-4,9-10,13-15H,5-8,11-12H2,1H3. The van der Waals surface area contributed by atoms with Crippen molar-refractivity contribution in [2.75, 3.05) is 25.1 Å². The second kappa shape index (κ2) is 6.89. The summed E-state index contributed by atoms with van der Waals surface area (Å²) in [5.74, 6) is 3.68. The molecule has 1 saturated heterocycles. The van der Waals surface area contributed by atoms with Crippen LogP contribution in [0.4, 0.5) is 5.82 Å². The summed E-state index contributed by atoms with van der Waals surface area (Å²) in [7, 11) is 1.69. The maximum Gasteiger partial charge on any atom is 0.229 e. The highest BCUT2D eigenvalue weighted by Gasteiger charge is 2.50. The molecule has 0 amide bonds. The van der Waals surface area contributed by atoms with Crippen LogP contribution in [0.15, 0.2) is 47.4 Å². The van der Waals surface area contributed by atoms with Crippen LogP contribution < -0.4 is 9.64 Å². The van der Waals surface area contributed by atoms with E-state index in [9.17, 15) is 0 Å². The molecule has 7 nitrogen and oxygen atoms in total. The highest BCUT2D eigenvalue weighted by atomic mass is 16.5. The monoisotopic (exact) mass is 377 g/mol. The van der Waals surface area contributed by atoms with Gasteiger partial charge in [0.25, 0.3) is 0 Å². The highest BCUT2D eigenvalue weighted by Crippen LogP contribution is 2.53.